The van der Waals surface area contributed by atoms with E-state index in [0.717, 1.165) is 18.8 Å². The van der Waals surface area contributed by atoms with Crippen LogP contribution >= 0.6 is 34.8 Å². The summed E-state index contributed by atoms with van der Waals surface area (Å²) >= 11 is 18.3. The number of hydrogen-bond donors (Lipinski definition) is 1. The lowest BCUT2D eigenvalue weighted by atomic mass is 10.2. The largest absolute Gasteiger partial charge is 0.479 e. The third-order valence-corrected chi connectivity index (χ3v) is 4.97. The molecule has 0 bridgehead atoms. The van der Waals surface area contributed by atoms with Crippen molar-refractivity contribution in [3.05, 3.63) is 51.5 Å². The fourth-order valence-corrected chi connectivity index (χ4v) is 3.46. The second kappa shape index (κ2) is 9.02. The number of benzene rings is 2. The number of rotatable bonds is 5. The number of amides is 1. The number of nitrogens with one attached hydrogen (secondary N) is 1. The van der Waals surface area contributed by atoms with Gasteiger partial charge in [-0.1, -0.05) is 34.8 Å². The van der Waals surface area contributed by atoms with E-state index < -0.39 is 6.10 Å². The van der Waals surface area contributed by atoms with Crippen molar-refractivity contribution in [3.63, 3.8) is 0 Å². The van der Waals surface area contributed by atoms with Crippen molar-refractivity contribution in [3.8, 4) is 5.75 Å². The molecule has 0 saturated carbocycles. The summed E-state index contributed by atoms with van der Waals surface area (Å²) < 4.78 is 11.0. The number of carbonyl (C=O) groups excluding carboxylic acids is 1. The molecule has 27 heavy (non-hydrogen) atoms. The SMILES string of the molecule is C[C@@H](Oc1ccc(Cl)cc1Cl)C(=O)Nc1ccc(N2CCOCC2)c(Cl)c1. The summed E-state index contributed by atoms with van der Waals surface area (Å²) in [5.41, 5.74) is 1.52. The molecular formula is C19H19Cl3N2O3. The van der Waals surface area contributed by atoms with Crippen LogP contribution in [-0.4, -0.2) is 38.3 Å². The number of ether oxygens (including phenoxy) is 2. The van der Waals surface area contributed by atoms with E-state index in [9.17, 15) is 4.79 Å². The second-order valence-corrected chi connectivity index (χ2v) is 7.34. The van der Waals surface area contributed by atoms with Gasteiger partial charge in [0, 0.05) is 23.8 Å². The van der Waals surface area contributed by atoms with Gasteiger partial charge in [-0.05, 0) is 43.3 Å². The van der Waals surface area contributed by atoms with E-state index >= 15 is 0 Å². The normalized spacial score (nSPS) is 15.3. The van der Waals surface area contributed by atoms with Gasteiger partial charge in [-0.25, -0.2) is 0 Å². The predicted molar refractivity (Wildman–Crippen MR) is 110 cm³/mol. The van der Waals surface area contributed by atoms with Crippen LogP contribution in [0.5, 0.6) is 5.75 Å². The first-order valence-electron chi connectivity index (χ1n) is 8.49. The van der Waals surface area contributed by atoms with E-state index in [0.29, 0.717) is 39.7 Å². The maximum Gasteiger partial charge on any atom is 0.265 e. The standard InChI is InChI=1S/C19H19Cl3N2O3/c1-12(27-18-5-2-13(20)10-16(18)22)19(25)23-14-3-4-17(15(21)11-14)24-6-8-26-9-7-24/h2-5,10-12H,6-9H2,1H3,(H,23,25)/t12-/m1/s1. The van der Waals surface area contributed by atoms with E-state index in [4.69, 9.17) is 44.3 Å². The van der Waals surface area contributed by atoms with Gasteiger partial charge in [-0.3, -0.25) is 4.79 Å². The Morgan fingerprint density at radius 2 is 1.85 bits per heavy atom. The van der Waals surface area contributed by atoms with Crippen molar-refractivity contribution in [2.75, 3.05) is 36.5 Å². The number of morpholine rings is 1. The first-order chi connectivity index (χ1) is 12.9. The fraction of sp³-hybridized carbons (Fsp3) is 0.316. The van der Waals surface area contributed by atoms with Crippen molar-refractivity contribution in [2.45, 2.75) is 13.0 Å². The van der Waals surface area contributed by atoms with Gasteiger partial charge in [0.2, 0.25) is 0 Å². The molecule has 0 aliphatic carbocycles. The average molecular weight is 430 g/mol. The summed E-state index contributed by atoms with van der Waals surface area (Å²) in [5.74, 6) is 0.0839. The summed E-state index contributed by atoms with van der Waals surface area (Å²) in [4.78, 5) is 14.6. The van der Waals surface area contributed by atoms with Crippen LogP contribution in [0.2, 0.25) is 15.1 Å². The van der Waals surface area contributed by atoms with Crippen LogP contribution in [0.15, 0.2) is 36.4 Å². The number of nitrogens with zero attached hydrogens (tertiary/aromatic N) is 1. The van der Waals surface area contributed by atoms with E-state index in [-0.39, 0.29) is 5.91 Å². The fourth-order valence-electron chi connectivity index (χ4n) is 2.70. The molecule has 3 rings (SSSR count). The summed E-state index contributed by atoms with van der Waals surface area (Å²) in [6, 6.07) is 10.3. The molecule has 1 aliphatic rings. The Labute approximate surface area is 173 Å². The van der Waals surface area contributed by atoms with Crippen LogP contribution in [0.3, 0.4) is 0 Å². The van der Waals surface area contributed by atoms with E-state index in [1.807, 2.05) is 12.1 Å². The summed E-state index contributed by atoms with van der Waals surface area (Å²) in [6.45, 7) is 4.58. The molecule has 2 aromatic rings. The highest BCUT2D eigenvalue weighted by Crippen LogP contribution is 2.30. The van der Waals surface area contributed by atoms with Crippen molar-refractivity contribution in [1.29, 1.82) is 0 Å². The van der Waals surface area contributed by atoms with Crippen molar-refractivity contribution >= 4 is 52.1 Å². The zero-order chi connectivity index (χ0) is 19.4. The van der Waals surface area contributed by atoms with E-state index in [2.05, 4.69) is 10.2 Å². The van der Waals surface area contributed by atoms with E-state index in [1.165, 1.54) is 0 Å². The Hall–Kier alpha value is -1.66. The highest BCUT2D eigenvalue weighted by Gasteiger charge is 2.18. The topological polar surface area (TPSA) is 50.8 Å². The molecule has 2 aromatic carbocycles. The molecule has 1 saturated heterocycles. The van der Waals surface area contributed by atoms with Gasteiger partial charge in [0.1, 0.15) is 5.75 Å². The maximum absolute atomic E-state index is 12.4. The summed E-state index contributed by atoms with van der Waals surface area (Å²) in [5, 5.41) is 4.22. The van der Waals surface area contributed by atoms with Crippen molar-refractivity contribution in [1.82, 2.24) is 0 Å². The minimum Gasteiger partial charge on any atom is -0.479 e. The first-order valence-corrected chi connectivity index (χ1v) is 9.62. The molecule has 1 aliphatic heterocycles. The zero-order valence-corrected chi connectivity index (χ0v) is 16.9. The Balaban J connectivity index is 1.63. The Bertz CT molecular complexity index is 826. The van der Waals surface area contributed by atoms with Gasteiger partial charge < -0.3 is 19.7 Å². The number of carbonyl (C=O) groups is 1. The molecule has 8 heteroatoms. The third kappa shape index (κ3) is 5.20. The monoisotopic (exact) mass is 428 g/mol. The Morgan fingerprint density at radius 3 is 2.52 bits per heavy atom. The van der Waals surface area contributed by atoms with Gasteiger partial charge in [0.15, 0.2) is 6.10 Å². The van der Waals surface area contributed by atoms with Gasteiger partial charge in [0.25, 0.3) is 5.91 Å². The predicted octanol–water partition coefficient (Wildman–Crippen LogP) is 4.89. The molecule has 1 atom stereocenters. The Morgan fingerprint density at radius 1 is 1.11 bits per heavy atom. The van der Waals surface area contributed by atoms with Crippen LogP contribution in [0, 0.1) is 0 Å². The number of anilines is 2. The highest BCUT2D eigenvalue weighted by atomic mass is 35.5. The van der Waals surface area contributed by atoms with Gasteiger partial charge in [0.05, 0.1) is 28.9 Å². The third-order valence-electron chi connectivity index (χ3n) is 4.13. The molecule has 144 valence electrons. The van der Waals surface area contributed by atoms with Crippen LogP contribution in [0.1, 0.15) is 6.92 Å². The lowest BCUT2D eigenvalue weighted by Gasteiger charge is -2.29. The number of hydrogen-bond acceptors (Lipinski definition) is 4. The average Bonchev–Trinajstić information content (AvgIpc) is 2.64. The van der Waals surface area contributed by atoms with Gasteiger partial charge in [-0.15, -0.1) is 0 Å². The second-order valence-electron chi connectivity index (χ2n) is 6.09. The highest BCUT2D eigenvalue weighted by molar-refractivity contribution is 6.35. The molecule has 1 amide bonds. The molecule has 0 unspecified atom stereocenters. The van der Waals surface area contributed by atoms with Crippen LogP contribution in [0.25, 0.3) is 0 Å². The lowest BCUT2D eigenvalue weighted by molar-refractivity contribution is -0.122. The molecule has 0 spiro atoms. The summed E-state index contributed by atoms with van der Waals surface area (Å²) in [6.07, 6.45) is -0.749. The quantitative estimate of drug-likeness (QED) is 0.735. The van der Waals surface area contributed by atoms with Gasteiger partial charge in [-0.2, -0.15) is 0 Å². The minimum absolute atomic E-state index is 0.309. The molecule has 1 heterocycles. The molecule has 1 fully saturated rings. The van der Waals surface area contributed by atoms with Crippen LogP contribution < -0.4 is 15.0 Å². The smallest absolute Gasteiger partial charge is 0.265 e. The lowest BCUT2D eigenvalue weighted by Crippen LogP contribution is -2.36. The molecule has 0 radical (unpaired) electrons. The van der Waals surface area contributed by atoms with Crippen LogP contribution in [0.4, 0.5) is 11.4 Å². The zero-order valence-electron chi connectivity index (χ0n) is 14.7. The van der Waals surface area contributed by atoms with Gasteiger partial charge >= 0.3 is 0 Å². The first kappa shape index (κ1) is 20.1. The summed E-state index contributed by atoms with van der Waals surface area (Å²) in [7, 11) is 0. The van der Waals surface area contributed by atoms with E-state index in [1.54, 1.807) is 31.2 Å². The molecular weight excluding hydrogens is 411 g/mol. The van der Waals surface area contributed by atoms with Crippen LogP contribution in [-0.2, 0) is 9.53 Å². The Kier molecular flexibility index (Phi) is 6.71. The maximum atomic E-state index is 12.4. The molecule has 1 N–H and O–H groups in total. The number of halogens is 3. The van der Waals surface area contributed by atoms with Crippen molar-refractivity contribution in [2.24, 2.45) is 0 Å². The van der Waals surface area contributed by atoms with Crippen molar-refractivity contribution < 1.29 is 14.3 Å². The molecule has 0 aromatic heterocycles. The molecule has 5 nitrogen and oxygen atoms in total. The minimum atomic E-state index is -0.749.